The molecule has 0 bridgehead atoms. The summed E-state index contributed by atoms with van der Waals surface area (Å²) in [6.07, 6.45) is 0. The number of nitrogens with zero attached hydrogens (tertiary/aromatic N) is 1. The third-order valence-electron chi connectivity index (χ3n) is 2.65. The predicted molar refractivity (Wildman–Crippen MR) is 68.4 cm³/mol. The maximum Gasteiger partial charge on any atom is 0.338 e. The summed E-state index contributed by atoms with van der Waals surface area (Å²) < 4.78 is 4.55. The van der Waals surface area contributed by atoms with Crippen LogP contribution in [0.2, 0.25) is 0 Å². The lowest BCUT2D eigenvalue weighted by Gasteiger charge is -2.24. The van der Waals surface area contributed by atoms with Crippen molar-refractivity contribution in [2.45, 2.75) is 6.04 Å². The third kappa shape index (κ3) is 3.31. The minimum atomic E-state index is -1.30. The topological polar surface area (TPSA) is 75.7 Å². The van der Waals surface area contributed by atoms with Crippen LogP contribution in [0.5, 0.6) is 0 Å². The van der Waals surface area contributed by atoms with E-state index in [4.69, 9.17) is 0 Å². The molecule has 6 heteroatoms. The average Bonchev–Trinajstić information content (AvgIpc) is 2.46. The number of ether oxygens (including phenoxy) is 1. The van der Waals surface area contributed by atoms with Crippen molar-refractivity contribution in [2.24, 2.45) is 0 Å². The summed E-state index contributed by atoms with van der Waals surface area (Å²) in [7, 11) is 3.93. The number of esters is 1. The van der Waals surface area contributed by atoms with Gasteiger partial charge in [-0.15, -0.1) is 0 Å². The number of benzene rings is 1. The molecule has 0 aliphatic heterocycles. The Labute approximate surface area is 111 Å². The van der Waals surface area contributed by atoms with Gasteiger partial charge in [0.2, 0.25) is 6.04 Å². The quantitative estimate of drug-likeness (QED) is 0.615. The monoisotopic (exact) mass is 264 g/mol. The molecule has 19 heavy (non-hydrogen) atoms. The maximum absolute atomic E-state index is 12.2. The summed E-state index contributed by atoms with van der Waals surface area (Å²) in [5, 5.41) is 2.33. The molecule has 2 amide bonds. The number of hydrogen-bond donors (Lipinski definition) is 1. The van der Waals surface area contributed by atoms with Gasteiger partial charge in [0.25, 0.3) is 11.8 Å². The molecule has 1 rings (SSSR count). The first-order valence-electron chi connectivity index (χ1n) is 5.64. The average molecular weight is 264 g/mol. The Morgan fingerprint density at radius 2 is 1.79 bits per heavy atom. The molecule has 0 aliphatic carbocycles. The molecule has 0 aliphatic rings. The number of rotatable bonds is 4. The standard InChI is InChI=1S/C13H16N2O4/c1-14-11(16)10(13(18)19-3)15(2)12(17)9-7-5-4-6-8-9/h4-8,10H,1-3H3,(H,14,16). The number of carbonyl (C=O) groups is 3. The van der Waals surface area contributed by atoms with Gasteiger partial charge in [-0.05, 0) is 12.1 Å². The van der Waals surface area contributed by atoms with Gasteiger partial charge in [-0.25, -0.2) is 4.79 Å². The van der Waals surface area contributed by atoms with E-state index in [0.717, 1.165) is 4.90 Å². The Bertz CT molecular complexity index is 457. The van der Waals surface area contributed by atoms with E-state index >= 15 is 0 Å². The minimum absolute atomic E-state index is 0.391. The van der Waals surface area contributed by atoms with Gasteiger partial charge in [-0.3, -0.25) is 9.59 Å². The van der Waals surface area contributed by atoms with Crippen LogP contribution in [0.25, 0.3) is 0 Å². The first-order chi connectivity index (χ1) is 9.02. The molecule has 0 aromatic heterocycles. The van der Waals surface area contributed by atoms with E-state index < -0.39 is 23.8 Å². The highest BCUT2D eigenvalue weighted by Gasteiger charge is 2.34. The second-order valence-corrected chi connectivity index (χ2v) is 3.82. The molecule has 1 unspecified atom stereocenters. The van der Waals surface area contributed by atoms with Gasteiger partial charge in [0, 0.05) is 19.7 Å². The van der Waals surface area contributed by atoms with Gasteiger partial charge in [0.1, 0.15) is 0 Å². The molecule has 0 radical (unpaired) electrons. The van der Waals surface area contributed by atoms with Crippen LogP contribution in [0.3, 0.4) is 0 Å². The van der Waals surface area contributed by atoms with Crippen LogP contribution in [0.1, 0.15) is 10.4 Å². The third-order valence-corrected chi connectivity index (χ3v) is 2.65. The van der Waals surface area contributed by atoms with E-state index in [1.54, 1.807) is 30.3 Å². The number of methoxy groups -OCH3 is 1. The molecule has 6 nitrogen and oxygen atoms in total. The Morgan fingerprint density at radius 1 is 1.21 bits per heavy atom. The molecule has 1 aromatic rings. The van der Waals surface area contributed by atoms with Gasteiger partial charge in [0.15, 0.2) is 0 Å². The molecule has 0 fully saturated rings. The summed E-state index contributed by atoms with van der Waals surface area (Å²) in [6.45, 7) is 0. The molecule has 0 saturated heterocycles. The summed E-state index contributed by atoms with van der Waals surface area (Å²) >= 11 is 0. The fraction of sp³-hybridized carbons (Fsp3) is 0.308. The van der Waals surface area contributed by atoms with Crippen molar-refractivity contribution in [2.75, 3.05) is 21.2 Å². The lowest BCUT2D eigenvalue weighted by Crippen LogP contribution is -2.51. The van der Waals surface area contributed by atoms with Crippen molar-refractivity contribution >= 4 is 17.8 Å². The van der Waals surface area contributed by atoms with Crippen molar-refractivity contribution in [3.63, 3.8) is 0 Å². The van der Waals surface area contributed by atoms with Crippen LogP contribution in [0.15, 0.2) is 30.3 Å². The van der Waals surface area contributed by atoms with Crippen molar-refractivity contribution < 1.29 is 19.1 Å². The van der Waals surface area contributed by atoms with Gasteiger partial charge in [0.05, 0.1) is 7.11 Å². The van der Waals surface area contributed by atoms with Crippen molar-refractivity contribution in [1.29, 1.82) is 0 Å². The molecule has 1 atom stereocenters. The zero-order valence-corrected chi connectivity index (χ0v) is 11.0. The van der Waals surface area contributed by atoms with Gasteiger partial charge in [-0.1, -0.05) is 18.2 Å². The molecule has 0 saturated carbocycles. The van der Waals surface area contributed by atoms with Crippen LogP contribution < -0.4 is 5.32 Å². The van der Waals surface area contributed by atoms with Gasteiger partial charge < -0.3 is 15.0 Å². The number of hydrogen-bond acceptors (Lipinski definition) is 4. The molecule has 0 heterocycles. The minimum Gasteiger partial charge on any atom is -0.467 e. The number of likely N-dealkylation sites (N-methyl/N-ethyl adjacent to an activating group) is 2. The van der Waals surface area contributed by atoms with Crippen LogP contribution in [0, 0.1) is 0 Å². The van der Waals surface area contributed by atoms with Crippen molar-refractivity contribution in [1.82, 2.24) is 10.2 Å². The van der Waals surface area contributed by atoms with E-state index in [0.29, 0.717) is 5.56 Å². The van der Waals surface area contributed by atoms with E-state index in [1.165, 1.54) is 21.2 Å². The van der Waals surface area contributed by atoms with Gasteiger partial charge in [-0.2, -0.15) is 0 Å². The van der Waals surface area contributed by atoms with E-state index in [-0.39, 0.29) is 0 Å². The molecule has 0 spiro atoms. The highest BCUT2D eigenvalue weighted by Crippen LogP contribution is 2.08. The fourth-order valence-corrected chi connectivity index (χ4v) is 1.59. The molecule has 1 N–H and O–H groups in total. The molecule has 102 valence electrons. The molecular weight excluding hydrogens is 248 g/mol. The summed E-state index contributed by atoms with van der Waals surface area (Å²) in [5.41, 5.74) is 0.391. The highest BCUT2D eigenvalue weighted by atomic mass is 16.5. The second kappa shape index (κ2) is 6.53. The summed E-state index contributed by atoms with van der Waals surface area (Å²) in [6, 6.07) is 7.09. The Kier molecular flexibility index (Phi) is 5.05. The first-order valence-corrected chi connectivity index (χ1v) is 5.64. The maximum atomic E-state index is 12.2. The number of carbonyl (C=O) groups excluding carboxylic acids is 3. The zero-order chi connectivity index (χ0) is 14.4. The molecule has 1 aromatic carbocycles. The van der Waals surface area contributed by atoms with E-state index in [9.17, 15) is 14.4 Å². The zero-order valence-electron chi connectivity index (χ0n) is 11.0. The Morgan fingerprint density at radius 3 is 2.26 bits per heavy atom. The Hall–Kier alpha value is -2.37. The fourth-order valence-electron chi connectivity index (χ4n) is 1.59. The number of amides is 2. The lowest BCUT2D eigenvalue weighted by atomic mass is 10.1. The SMILES string of the molecule is CNC(=O)C(C(=O)OC)N(C)C(=O)c1ccccc1. The predicted octanol–water partition coefficient (Wildman–Crippen LogP) is 0.0462. The van der Waals surface area contributed by atoms with Crippen molar-refractivity contribution in [3.8, 4) is 0 Å². The van der Waals surface area contributed by atoms with E-state index in [2.05, 4.69) is 10.1 Å². The summed E-state index contributed by atoms with van der Waals surface area (Å²) in [4.78, 5) is 36.5. The lowest BCUT2D eigenvalue weighted by molar-refractivity contribution is -0.150. The normalized spacial score (nSPS) is 11.3. The largest absolute Gasteiger partial charge is 0.467 e. The van der Waals surface area contributed by atoms with Crippen LogP contribution in [-0.4, -0.2) is 49.9 Å². The van der Waals surface area contributed by atoms with Crippen LogP contribution in [0.4, 0.5) is 0 Å². The van der Waals surface area contributed by atoms with Crippen LogP contribution in [-0.2, 0) is 14.3 Å². The van der Waals surface area contributed by atoms with E-state index in [1.807, 2.05) is 0 Å². The van der Waals surface area contributed by atoms with Gasteiger partial charge >= 0.3 is 5.97 Å². The highest BCUT2D eigenvalue weighted by molar-refractivity contribution is 6.07. The second-order valence-electron chi connectivity index (χ2n) is 3.82. The van der Waals surface area contributed by atoms with Crippen LogP contribution >= 0.6 is 0 Å². The first kappa shape index (κ1) is 14.7. The Balaban J connectivity index is 3.00. The smallest absolute Gasteiger partial charge is 0.338 e. The summed E-state index contributed by atoms with van der Waals surface area (Å²) in [5.74, 6) is -1.82. The van der Waals surface area contributed by atoms with Crippen molar-refractivity contribution in [3.05, 3.63) is 35.9 Å². The number of nitrogens with one attached hydrogen (secondary N) is 1. The molecular formula is C13H16N2O4.